The summed E-state index contributed by atoms with van der Waals surface area (Å²) in [5.74, 6) is -0.0533. The zero-order chi connectivity index (χ0) is 23.3. The van der Waals surface area contributed by atoms with Crippen LogP contribution in [0, 0.1) is 12.8 Å². The van der Waals surface area contributed by atoms with Gasteiger partial charge in [-0.2, -0.15) is 0 Å². The fourth-order valence-electron chi connectivity index (χ4n) is 3.07. The number of nitrogens with one attached hydrogen (secondary N) is 2. The Morgan fingerprint density at radius 3 is 2.41 bits per heavy atom. The molecule has 0 radical (unpaired) electrons. The van der Waals surface area contributed by atoms with E-state index in [4.69, 9.17) is 19.8 Å². The van der Waals surface area contributed by atoms with Gasteiger partial charge in [-0.05, 0) is 55.5 Å². The van der Waals surface area contributed by atoms with E-state index in [1.807, 2.05) is 38.1 Å². The quantitative estimate of drug-likeness (QED) is 0.236. The second kappa shape index (κ2) is 13.1. The minimum atomic E-state index is -0.596. The van der Waals surface area contributed by atoms with Gasteiger partial charge in [-0.3, -0.25) is 15.3 Å². The summed E-state index contributed by atoms with van der Waals surface area (Å²) in [7, 11) is 0. The van der Waals surface area contributed by atoms with Crippen molar-refractivity contribution in [1.82, 2.24) is 5.48 Å². The molecular formula is C24H30N2O6. The van der Waals surface area contributed by atoms with Crippen LogP contribution in [-0.2, 0) is 9.53 Å². The molecule has 2 aromatic rings. The maximum atomic E-state index is 12.6. The number of amides is 2. The van der Waals surface area contributed by atoms with E-state index in [-0.39, 0.29) is 19.1 Å². The fraction of sp³-hybridized carbons (Fsp3) is 0.333. The highest BCUT2D eigenvalue weighted by molar-refractivity contribution is 5.86. The summed E-state index contributed by atoms with van der Waals surface area (Å²) in [6.45, 7) is 4.04. The standard InChI is InChI=1S/C24H30N2O6/c1-17-7-11-20(12-8-17)25-24(29)32-23(18(2)5-3-4-6-22(28)26-30)19-9-13-21(14-10-19)31-16-15-27/h4,6-14,18,23,27,30H,3,5,15-16H2,1-2H3,(H,25,29)(H,26,28)/b6-4+/t18-,23-/m1/s1. The van der Waals surface area contributed by atoms with Crippen molar-refractivity contribution in [3.63, 3.8) is 0 Å². The zero-order valence-electron chi connectivity index (χ0n) is 18.3. The normalized spacial score (nSPS) is 12.8. The van der Waals surface area contributed by atoms with Crippen LogP contribution in [0.2, 0.25) is 0 Å². The molecule has 2 aromatic carbocycles. The second-order valence-corrected chi connectivity index (χ2v) is 7.39. The van der Waals surface area contributed by atoms with Crippen LogP contribution < -0.4 is 15.5 Å². The molecule has 2 amide bonds. The number of ether oxygens (including phenoxy) is 2. The largest absolute Gasteiger partial charge is 0.491 e. The van der Waals surface area contributed by atoms with Gasteiger partial charge in [0.15, 0.2) is 0 Å². The lowest BCUT2D eigenvalue weighted by Gasteiger charge is -2.25. The van der Waals surface area contributed by atoms with Crippen molar-refractivity contribution in [2.24, 2.45) is 5.92 Å². The lowest BCUT2D eigenvalue weighted by molar-refractivity contribution is -0.124. The number of hydrogen-bond donors (Lipinski definition) is 4. The Morgan fingerprint density at radius 2 is 1.78 bits per heavy atom. The topological polar surface area (TPSA) is 117 Å². The van der Waals surface area contributed by atoms with Gasteiger partial charge in [-0.1, -0.05) is 42.8 Å². The van der Waals surface area contributed by atoms with Gasteiger partial charge in [-0.15, -0.1) is 0 Å². The molecule has 172 valence electrons. The monoisotopic (exact) mass is 442 g/mol. The van der Waals surface area contributed by atoms with Crippen molar-refractivity contribution >= 4 is 17.7 Å². The number of rotatable bonds is 11. The van der Waals surface area contributed by atoms with Crippen molar-refractivity contribution in [3.8, 4) is 5.75 Å². The first-order chi connectivity index (χ1) is 15.4. The Labute approximate surface area is 187 Å². The number of aryl methyl sites for hydroxylation is 1. The van der Waals surface area contributed by atoms with Crippen LogP contribution in [0.5, 0.6) is 5.75 Å². The molecule has 2 atom stereocenters. The molecule has 32 heavy (non-hydrogen) atoms. The summed E-state index contributed by atoms with van der Waals surface area (Å²) in [5.41, 5.74) is 4.06. The van der Waals surface area contributed by atoms with Crippen LogP contribution in [-0.4, -0.2) is 35.5 Å². The van der Waals surface area contributed by atoms with E-state index in [9.17, 15) is 9.59 Å². The number of hydrogen-bond acceptors (Lipinski definition) is 6. The van der Waals surface area contributed by atoms with Gasteiger partial charge in [-0.25, -0.2) is 10.3 Å². The third kappa shape index (κ3) is 8.41. The number of allylic oxidation sites excluding steroid dienone is 1. The molecule has 0 aliphatic carbocycles. The van der Waals surface area contributed by atoms with Crippen LogP contribution in [0.4, 0.5) is 10.5 Å². The summed E-state index contributed by atoms with van der Waals surface area (Å²) in [6.07, 6.45) is 3.00. The predicted octanol–water partition coefficient (Wildman–Crippen LogP) is 4.13. The Hall–Kier alpha value is -3.36. The Kier molecular flexibility index (Phi) is 10.2. The number of benzene rings is 2. The molecule has 0 saturated carbocycles. The third-order valence-corrected chi connectivity index (χ3v) is 4.79. The first-order valence-corrected chi connectivity index (χ1v) is 10.4. The molecule has 8 heteroatoms. The van der Waals surface area contributed by atoms with Gasteiger partial charge >= 0.3 is 6.09 Å². The lowest BCUT2D eigenvalue weighted by atomic mass is 9.93. The molecule has 0 unspecified atom stereocenters. The number of aliphatic hydroxyl groups is 1. The molecule has 0 heterocycles. The van der Waals surface area contributed by atoms with Gasteiger partial charge in [0, 0.05) is 11.8 Å². The summed E-state index contributed by atoms with van der Waals surface area (Å²) >= 11 is 0. The molecular weight excluding hydrogens is 412 g/mol. The Bertz CT molecular complexity index is 880. The van der Waals surface area contributed by atoms with Gasteiger partial charge in [0.2, 0.25) is 0 Å². The first kappa shape index (κ1) is 24.9. The average molecular weight is 443 g/mol. The summed E-state index contributed by atoms with van der Waals surface area (Å²) in [5, 5.41) is 20.2. The van der Waals surface area contributed by atoms with Crippen LogP contribution >= 0.6 is 0 Å². The lowest BCUT2D eigenvalue weighted by Crippen LogP contribution is -2.22. The van der Waals surface area contributed by atoms with Crippen molar-refractivity contribution in [2.75, 3.05) is 18.5 Å². The van der Waals surface area contributed by atoms with E-state index in [0.29, 0.717) is 24.3 Å². The van der Waals surface area contributed by atoms with Crippen LogP contribution in [0.25, 0.3) is 0 Å². The van der Waals surface area contributed by atoms with Crippen LogP contribution in [0.15, 0.2) is 60.7 Å². The third-order valence-electron chi connectivity index (χ3n) is 4.79. The Balaban J connectivity index is 2.10. The van der Waals surface area contributed by atoms with E-state index in [0.717, 1.165) is 11.1 Å². The minimum Gasteiger partial charge on any atom is -0.491 e. The highest BCUT2D eigenvalue weighted by atomic mass is 16.6. The van der Waals surface area contributed by atoms with Crippen molar-refractivity contribution in [3.05, 3.63) is 71.8 Å². The number of carbonyl (C=O) groups excluding carboxylic acids is 2. The van der Waals surface area contributed by atoms with Crippen LogP contribution in [0.1, 0.15) is 37.0 Å². The molecule has 2 rings (SSSR count). The predicted molar refractivity (Wildman–Crippen MR) is 121 cm³/mol. The van der Waals surface area contributed by atoms with Crippen molar-refractivity contribution in [1.29, 1.82) is 0 Å². The molecule has 0 saturated heterocycles. The van der Waals surface area contributed by atoms with E-state index in [1.54, 1.807) is 35.8 Å². The van der Waals surface area contributed by atoms with Gasteiger partial charge in [0.05, 0.1) is 6.61 Å². The molecule has 0 bridgehead atoms. The summed E-state index contributed by atoms with van der Waals surface area (Å²) in [6, 6.07) is 14.6. The summed E-state index contributed by atoms with van der Waals surface area (Å²) in [4.78, 5) is 23.7. The molecule has 0 aromatic heterocycles. The Morgan fingerprint density at radius 1 is 1.09 bits per heavy atom. The first-order valence-electron chi connectivity index (χ1n) is 10.4. The number of hydroxylamine groups is 1. The maximum Gasteiger partial charge on any atom is 0.412 e. The smallest absolute Gasteiger partial charge is 0.412 e. The van der Waals surface area contributed by atoms with Crippen LogP contribution in [0.3, 0.4) is 0 Å². The number of anilines is 1. The highest BCUT2D eigenvalue weighted by Gasteiger charge is 2.23. The molecule has 8 nitrogen and oxygen atoms in total. The highest BCUT2D eigenvalue weighted by Crippen LogP contribution is 2.31. The molecule has 4 N–H and O–H groups in total. The zero-order valence-corrected chi connectivity index (χ0v) is 18.3. The minimum absolute atomic E-state index is 0.0650. The van der Waals surface area contributed by atoms with Crippen molar-refractivity contribution in [2.45, 2.75) is 32.8 Å². The summed E-state index contributed by atoms with van der Waals surface area (Å²) < 4.78 is 11.2. The van der Waals surface area contributed by atoms with Gasteiger partial charge in [0.1, 0.15) is 18.5 Å². The van der Waals surface area contributed by atoms with E-state index in [1.165, 1.54) is 6.08 Å². The molecule has 0 fully saturated rings. The van der Waals surface area contributed by atoms with Crippen molar-refractivity contribution < 1.29 is 29.4 Å². The molecule has 0 aliphatic heterocycles. The van der Waals surface area contributed by atoms with E-state index in [2.05, 4.69) is 5.32 Å². The average Bonchev–Trinajstić information content (AvgIpc) is 2.80. The van der Waals surface area contributed by atoms with E-state index >= 15 is 0 Å². The van der Waals surface area contributed by atoms with Gasteiger partial charge in [0.25, 0.3) is 5.91 Å². The number of aliphatic hydroxyl groups excluding tert-OH is 1. The number of carbonyl (C=O) groups is 2. The SMILES string of the molecule is Cc1ccc(NC(=O)O[C@@H](c2ccc(OCCO)cc2)[C@H](C)CC/C=C/C(=O)NO)cc1. The fourth-order valence-corrected chi connectivity index (χ4v) is 3.07. The molecule has 0 aliphatic rings. The molecule has 0 spiro atoms. The van der Waals surface area contributed by atoms with Gasteiger partial charge < -0.3 is 14.6 Å². The second-order valence-electron chi connectivity index (χ2n) is 7.39. The van der Waals surface area contributed by atoms with E-state index < -0.39 is 18.1 Å². The maximum absolute atomic E-state index is 12.6.